The van der Waals surface area contributed by atoms with E-state index in [1.807, 2.05) is 11.8 Å². The molecular formula is C13H26N2O2. The summed E-state index contributed by atoms with van der Waals surface area (Å²) >= 11 is 0. The van der Waals surface area contributed by atoms with Crippen molar-refractivity contribution in [3.8, 4) is 0 Å². The van der Waals surface area contributed by atoms with E-state index >= 15 is 0 Å². The Morgan fingerprint density at radius 3 is 2.29 bits per heavy atom. The van der Waals surface area contributed by atoms with Crippen LogP contribution in [0.2, 0.25) is 0 Å². The van der Waals surface area contributed by atoms with Crippen LogP contribution in [0.3, 0.4) is 0 Å². The van der Waals surface area contributed by atoms with Gasteiger partial charge < -0.3 is 9.74 Å². The van der Waals surface area contributed by atoms with Crippen LogP contribution >= 0.6 is 0 Å². The Hall–Kier alpha value is -0.610. The third-order valence-corrected chi connectivity index (χ3v) is 2.96. The Kier molecular flexibility index (Phi) is 6.52. The summed E-state index contributed by atoms with van der Waals surface area (Å²) in [7, 11) is 0. The lowest BCUT2D eigenvalue weighted by Gasteiger charge is -2.24. The van der Waals surface area contributed by atoms with E-state index in [1.165, 1.54) is 12.8 Å². The minimum atomic E-state index is -0.244. The zero-order valence-corrected chi connectivity index (χ0v) is 11.4. The van der Waals surface area contributed by atoms with Gasteiger partial charge in [0.25, 0.3) is 0 Å². The molecule has 0 aromatic carbocycles. The van der Waals surface area contributed by atoms with E-state index in [9.17, 15) is 4.79 Å². The van der Waals surface area contributed by atoms with Crippen LogP contribution in [0.15, 0.2) is 0 Å². The van der Waals surface area contributed by atoms with E-state index in [2.05, 4.69) is 19.3 Å². The Morgan fingerprint density at radius 2 is 1.76 bits per heavy atom. The first kappa shape index (κ1) is 14.5. The summed E-state index contributed by atoms with van der Waals surface area (Å²) in [5, 5.41) is 0. The monoisotopic (exact) mass is 242 g/mol. The molecule has 1 fully saturated rings. The predicted molar refractivity (Wildman–Crippen MR) is 68.4 cm³/mol. The average molecular weight is 242 g/mol. The Bertz CT molecular complexity index is 223. The summed E-state index contributed by atoms with van der Waals surface area (Å²) in [5.41, 5.74) is 2.84. The number of rotatable bonds is 5. The van der Waals surface area contributed by atoms with Gasteiger partial charge >= 0.3 is 0 Å². The van der Waals surface area contributed by atoms with Crippen LogP contribution in [-0.4, -0.2) is 36.5 Å². The summed E-state index contributed by atoms with van der Waals surface area (Å²) in [6, 6.07) is -0.244. The molecule has 1 aliphatic heterocycles. The Morgan fingerprint density at radius 1 is 1.18 bits per heavy atom. The molecule has 0 aliphatic carbocycles. The largest absolute Gasteiger partial charge is 0.341 e. The van der Waals surface area contributed by atoms with Crippen molar-refractivity contribution in [1.82, 2.24) is 10.4 Å². The van der Waals surface area contributed by atoms with E-state index in [4.69, 9.17) is 4.84 Å². The molecule has 4 heteroatoms. The molecular weight excluding hydrogens is 216 g/mol. The first-order chi connectivity index (χ1) is 8.11. The molecule has 0 aromatic heterocycles. The molecule has 100 valence electrons. The van der Waals surface area contributed by atoms with Gasteiger partial charge in [-0.25, -0.2) is 0 Å². The lowest BCUT2D eigenvalue weighted by molar-refractivity contribution is -0.137. The normalized spacial score (nSPS) is 19.2. The van der Waals surface area contributed by atoms with E-state index in [-0.39, 0.29) is 11.9 Å². The predicted octanol–water partition coefficient (Wildman–Crippen LogP) is 1.95. The maximum Gasteiger partial charge on any atom is 0.241 e. The fourth-order valence-electron chi connectivity index (χ4n) is 1.96. The molecule has 1 unspecified atom stereocenters. The van der Waals surface area contributed by atoms with Crippen LogP contribution in [0.25, 0.3) is 0 Å². The molecule has 1 amide bonds. The lowest BCUT2D eigenvalue weighted by atomic mass is 10.2. The molecule has 1 saturated heterocycles. The van der Waals surface area contributed by atoms with Gasteiger partial charge in [0.05, 0.1) is 6.61 Å². The van der Waals surface area contributed by atoms with Gasteiger partial charge in [0.1, 0.15) is 6.04 Å². The minimum absolute atomic E-state index is 0.163. The number of nitrogens with one attached hydrogen (secondary N) is 1. The number of carbonyl (C=O) groups is 1. The maximum absolute atomic E-state index is 12.1. The molecule has 0 saturated carbocycles. The molecule has 0 aromatic rings. The number of nitrogens with zero attached hydrogens (tertiary/aromatic N) is 1. The minimum Gasteiger partial charge on any atom is -0.341 e. The molecule has 0 bridgehead atoms. The molecule has 17 heavy (non-hydrogen) atoms. The van der Waals surface area contributed by atoms with Crippen molar-refractivity contribution >= 4 is 5.91 Å². The van der Waals surface area contributed by atoms with Gasteiger partial charge in [0, 0.05) is 13.1 Å². The van der Waals surface area contributed by atoms with Gasteiger partial charge in [-0.05, 0) is 25.7 Å². The standard InChI is InChI=1S/C13H26N2O2/c1-11(2)10-17-14-12(3)13(16)15-8-6-4-5-7-9-15/h11-12,14H,4-10H2,1-3H3. The third-order valence-electron chi connectivity index (χ3n) is 2.96. The van der Waals surface area contributed by atoms with Crippen LogP contribution in [0, 0.1) is 5.92 Å². The topological polar surface area (TPSA) is 41.6 Å². The van der Waals surface area contributed by atoms with E-state index < -0.39 is 0 Å². The fraction of sp³-hybridized carbons (Fsp3) is 0.923. The molecule has 1 aliphatic rings. The maximum atomic E-state index is 12.1. The second-order valence-corrected chi connectivity index (χ2v) is 5.28. The van der Waals surface area contributed by atoms with Crippen molar-refractivity contribution in [2.45, 2.75) is 52.5 Å². The quantitative estimate of drug-likeness (QED) is 0.749. The van der Waals surface area contributed by atoms with Gasteiger partial charge in [-0.2, -0.15) is 5.48 Å². The zero-order chi connectivity index (χ0) is 12.7. The van der Waals surface area contributed by atoms with Crippen molar-refractivity contribution in [3.63, 3.8) is 0 Å². The van der Waals surface area contributed by atoms with E-state index in [0.29, 0.717) is 12.5 Å². The molecule has 4 nitrogen and oxygen atoms in total. The number of hydroxylamine groups is 1. The Balaban J connectivity index is 2.29. The number of amides is 1. The van der Waals surface area contributed by atoms with Crippen molar-refractivity contribution in [1.29, 1.82) is 0 Å². The molecule has 0 spiro atoms. The zero-order valence-electron chi connectivity index (χ0n) is 11.4. The molecule has 1 heterocycles. The first-order valence-corrected chi connectivity index (χ1v) is 6.77. The van der Waals surface area contributed by atoms with Crippen LogP contribution in [0.1, 0.15) is 46.5 Å². The average Bonchev–Trinajstić information content (AvgIpc) is 2.55. The summed E-state index contributed by atoms with van der Waals surface area (Å²) in [4.78, 5) is 19.4. The van der Waals surface area contributed by atoms with Gasteiger partial charge in [-0.1, -0.05) is 26.7 Å². The van der Waals surface area contributed by atoms with Gasteiger partial charge in [-0.15, -0.1) is 0 Å². The summed E-state index contributed by atoms with van der Waals surface area (Å²) in [6.45, 7) is 8.47. The summed E-state index contributed by atoms with van der Waals surface area (Å²) < 4.78 is 0. The van der Waals surface area contributed by atoms with E-state index in [1.54, 1.807) is 0 Å². The molecule has 1 N–H and O–H groups in total. The number of hydrogen-bond acceptors (Lipinski definition) is 3. The smallest absolute Gasteiger partial charge is 0.241 e. The fourth-order valence-corrected chi connectivity index (χ4v) is 1.96. The highest BCUT2D eigenvalue weighted by atomic mass is 16.6. The second-order valence-electron chi connectivity index (χ2n) is 5.28. The number of carbonyl (C=O) groups excluding carboxylic acids is 1. The van der Waals surface area contributed by atoms with Gasteiger partial charge in [-0.3, -0.25) is 4.79 Å². The van der Waals surface area contributed by atoms with Crippen molar-refractivity contribution in [2.24, 2.45) is 5.92 Å². The third kappa shape index (κ3) is 5.50. The van der Waals surface area contributed by atoms with Crippen LogP contribution in [0.4, 0.5) is 0 Å². The van der Waals surface area contributed by atoms with Crippen LogP contribution < -0.4 is 5.48 Å². The van der Waals surface area contributed by atoms with Crippen molar-refractivity contribution in [2.75, 3.05) is 19.7 Å². The number of likely N-dealkylation sites (tertiary alicyclic amines) is 1. The van der Waals surface area contributed by atoms with Crippen LogP contribution in [-0.2, 0) is 9.63 Å². The van der Waals surface area contributed by atoms with Crippen molar-refractivity contribution < 1.29 is 9.63 Å². The summed E-state index contributed by atoms with van der Waals surface area (Å²) in [5.74, 6) is 0.638. The number of hydrogen-bond donors (Lipinski definition) is 1. The SMILES string of the molecule is CC(C)CONC(C)C(=O)N1CCCCCC1. The molecule has 1 atom stereocenters. The summed E-state index contributed by atoms with van der Waals surface area (Å²) in [6.07, 6.45) is 4.75. The van der Waals surface area contributed by atoms with E-state index in [0.717, 1.165) is 25.9 Å². The highest BCUT2D eigenvalue weighted by Gasteiger charge is 2.21. The first-order valence-electron chi connectivity index (χ1n) is 6.77. The second kappa shape index (κ2) is 7.67. The highest BCUT2D eigenvalue weighted by Crippen LogP contribution is 2.10. The molecule has 0 radical (unpaired) electrons. The van der Waals surface area contributed by atoms with Gasteiger partial charge in [0.15, 0.2) is 0 Å². The van der Waals surface area contributed by atoms with Gasteiger partial charge in [0.2, 0.25) is 5.91 Å². The Labute approximate surface area is 105 Å². The lowest BCUT2D eigenvalue weighted by Crippen LogP contribution is -2.45. The molecule has 1 rings (SSSR count). The highest BCUT2D eigenvalue weighted by molar-refractivity contribution is 5.81. The van der Waals surface area contributed by atoms with Crippen LogP contribution in [0.5, 0.6) is 0 Å². The van der Waals surface area contributed by atoms with Crippen molar-refractivity contribution in [3.05, 3.63) is 0 Å².